The van der Waals surface area contributed by atoms with Crippen molar-refractivity contribution >= 4 is 15.9 Å². The Kier molecular flexibility index (Phi) is 6.40. The van der Waals surface area contributed by atoms with Crippen LogP contribution in [0.2, 0.25) is 0 Å². The second kappa shape index (κ2) is 9.39. The first kappa shape index (κ1) is 21.8. The molecule has 0 N–H and O–H groups in total. The van der Waals surface area contributed by atoms with Gasteiger partial charge in [-0.25, -0.2) is 4.39 Å². The molecule has 4 rings (SSSR count). The van der Waals surface area contributed by atoms with E-state index in [1.807, 2.05) is 66.2 Å². The molecule has 0 bridgehead atoms. The fourth-order valence-electron chi connectivity index (χ4n) is 3.66. The molecule has 0 radical (unpaired) electrons. The molecule has 1 heterocycles. The van der Waals surface area contributed by atoms with Crippen LogP contribution in [0.15, 0.2) is 77.4 Å². The summed E-state index contributed by atoms with van der Waals surface area (Å²) < 4.78 is 27.8. The second-order valence-corrected chi connectivity index (χ2v) is 8.18. The zero-order chi connectivity index (χ0) is 22.7. The van der Waals surface area contributed by atoms with Crippen LogP contribution in [-0.4, -0.2) is 18.5 Å². The maximum absolute atomic E-state index is 14.7. The van der Waals surface area contributed by atoms with Crippen molar-refractivity contribution in [3.8, 4) is 39.9 Å². The van der Waals surface area contributed by atoms with Gasteiger partial charge >= 0.3 is 0 Å². The zero-order valence-electron chi connectivity index (χ0n) is 17.6. The molecule has 0 unspecified atom stereocenters. The Morgan fingerprint density at radius 3 is 2.44 bits per heavy atom. The summed E-state index contributed by atoms with van der Waals surface area (Å²) in [6.45, 7) is 1.95. The van der Waals surface area contributed by atoms with Gasteiger partial charge in [0.05, 0.1) is 17.3 Å². The lowest BCUT2D eigenvalue weighted by molar-refractivity contribution is 0.0483. The maximum Gasteiger partial charge on any atom is 0.188 e. The monoisotopic (exact) mass is 490 g/mol. The smallest absolute Gasteiger partial charge is 0.188 e. The molecule has 4 nitrogen and oxygen atoms in total. The lowest BCUT2D eigenvalue weighted by Gasteiger charge is -2.16. The number of benzene rings is 3. The van der Waals surface area contributed by atoms with Gasteiger partial charge in [-0.05, 0) is 60.5 Å². The minimum Gasteiger partial charge on any atom is -0.464 e. The van der Waals surface area contributed by atoms with E-state index in [1.54, 1.807) is 12.1 Å². The lowest BCUT2D eigenvalue weighted by atomic mass is 9.97. The van der Waals surface area contributed by atoms with Gasteiger partial charge < -0.3 is 14.0 Å². The number of methoxy groups -OCH3 is 1. The van der Waals surface area contributed by atoms with Crippen LogP contribution >= 0.6 is 15.9 Å². The number of halogens is 2. The Morgan fingerprint density at radius 1 is 1.00 bits per heavy atom. The molecule has 4 aromatic rings. The SMILES string of the molecule is COCOc1ccc(-n2ccc(-c3ccc(Br)cc3)c2-c2ccc(C#N)cc2C)cc1F. The molecular weight excluding hydrogens is 471 g/mol. The minimum absolute atomic E-state index is 0.0246. The first-order valence-corrected chi connectivity index (χ1v) is 10.7. The standard InChI is InChI=1S/C26H20BrFN2O2/c1-17-13-18(15-29)3-9-22(17)26-23(19-4-6-20(27)7-5-19)11-12-30(26)21-8-10-25(24(28)14-21)32-16-31-2/h3-14H,16H2,1-2H3. The highest BCUT2D eigenvalue weighted by molar-refractivity contribution is 9.10. The number of hydrogen-bond donors (Lipinski definition) is 0. The topological polar surface area (TPSA) is 47.2 Å². The number of aryl methyl sites for hydroxylation is 1. The Balaban J connectivity index is 1.90. The van der Waals surface area contributed by atoms with E-state index in [2.05, 4.69) is 22.0 Å². The van der Waals surface area contributed by atoms with E-state index in [4.69, 9.17) is 9.47 Å². The van der Waals surface area contributed by atoms with Gasteiger partial charge in [0.2, 0.25) is 0 Å². The molecule has 0 aliphatic heterocycles. The zero-order valence-corrected chi connectivity index (χ0v) is 19.2. The Labute approximate surface area is 194 Å². The normalized spacial score (nSPS) is 10.7. The summed E-state index contributed by atoms with van der Waals surface area (Å²) in [5.41, 5.74) is 6.14. The molecule has 0 amide bonds. The molecule has 0 spiro atoms. The summed E-state index contributed by atoms with van der Waals surface area (Å²) in [4.78, 5) is 0. The summed E-state index contributed by atoms with van der Waals surface area (Å²) in [6.07, 6.45) is 1.93. The van der Waals surface area contributed by atoms with E-state index in [0.717, 1.165) is 32.4 Å². The van der Waals surface area contributed by atoms with E-state index < -0.39 is 5.82 Å². The van der Waals surface area contributed by atoms with E-state index in [-0.39, 0.29) is 12.5 Å². The molecule has 1 aromatic heterocycles. The highest BCUT2D eigenvalue weighted by Gasteiger charge is 2.18. The largest absolute Gasteiger partial charge is 0.464 e. The summed E-state index contributed by atoms with van der Waals surface area (Å²) in [7, 11) is 1.49. The highest BCUT2D eigenvalue weighted by Crippen LogP contribution is 2.38. The average Bonchev–Trinajstić information content (AvgIpc) is 3.23. The van der Waals surface area contributed by atoms with E-state index in [0.29, 0.717) is 11.3 Å². The van der Waals surface area contributed by atoms with Crippen molar-refractivity contribution in [3.63, 3.8) is 0 Å². The number of rotatable bonds is 6. The molecule has 0 saturated heterocycles. The van der Waals surface area contributed by atoms with Crippen LogP contribution in [0.1, 0.15) is 11.1 Å². The number of aromatic nitrogens is 1. The molecule has 0 fully saturated rings. The molecule has 6 heteroatoms. The summed E-state index contributed by atoms with van der Waals surface area (Å²) in [5.74, 6) is -0.340. The van der Waals surface area contributed by atoms with Crippen LogP contribution in [0.5, 0.6) is 5.75 Å². The Hall–Kier alpha value is -3.40. The van der Waals surface area contributed by atoms with Gasteiger partial charge in [-0.15, -0.1) is 0 Å². The lowest BCUT2D eigenvalue weighted by Crippen LogP contribution is -2.03. The summed E-state index contributed by atoms with van der Waals surface area (Å²) in [6, 6.07) is 22.7. The fourth-order valence-corrected chi connectivity index (χ4v) is 3.93. The van der Waals surface area contributed by atoms with Gasteiger partial charge in [0, 0.05) is 40.7 Å². The van der Waals surface area contributed by atoms with Gasteiger partial charge in [-0.3, -0.25) is 0 Å². The minimum atomic E-state index is -0.471. The molecule has 0 atom stereocenters. The predicted molar refractivity (Wildman–Crippen MR) is 126 cm³/mol. The highest BCUT2D eigenvalue weighted by atomic mass is 79.9. The number of ether oxygens (including phenoxy) is 2. The second-order valence-electron chi connectivity index (χ2n) is 7.26. The van der Waals surface area contributed by atoms with Crippen LogP contribution in [0, 0.1) is 24.1 Å². The molecule has 3 aromatic carbocycles. The van der Waals surface area contributed by atoms with Crippen LogP contribution in [0.4, 0.5) is 4.39 Å². The molecule has 0 saturated carbocycles. The third-order valence-corrected chi connectivity index (χ3v) is 5.71. The van der Waals surface area contributed by atoms with Crippen LogP contribution in [-0.2, 0) is 4.74 Å². The average molecular weight is 491 g/mol. The van der Waals surface area contributed by atoms with Crippen molar-refractivity contribution < 1.29 is 13.9 Å². The quantitative estimate of drug-likeness (QED) is 0.277. The first-order valence-electron chi connectivity index (χ1n) is 9.92. The van der Waals surface area contributed by atoms with Gasteiger partial charge in [0.1, 0.15) is 0 Å². The molecular formula is C26H20BrFN2O2. The van der Waals surface area contributed by atoms with Crippen LogP contribution in [0.25, 0.3) is 28.1 Å². The first-order chi connectivity index (χ1) is 15.5. The van der Waals surface area contributed by atoms with Crippen molar-refractivity contribution in [2.75, 3.05) is 13.9 Å². The van der Waals surface area contributed by atoms with Crippen molar-refractivity contribution in [2.45, 2.75) is 6.92 Å². The van der Waals surface area contributed by atoms with Gasteiger partial charge in [-0.2, -0.15) is 5.26 Å². The van der Waals surface area contributed by atoms with Crippen molar-refractivity contribution in [1.82, 2.24) is 4.57 Å². The third-order valence-electron chi connectivity index (χ3n) is 5.18. The van der Waals surface area contributed by atoms with Crippen molar-refractivity contribution in [3.05, 3.63) is 94.3 Å². The number of nitrogens with zero attached hydrogens (tertiary/aromatic N) is 2. The summed E-state index contributed by atoms with van der Waals surface area (Å²) in [5, 5.41) is 9.27. The number of nitriles is 1. The van der Waals surface area contributed by atoms with E-state index in [1.165, 1.54) is 13.2 Å². The maximum atomic E-state index is 14.7. The molecule has 32 heavy (non-hydrogen) atoms. The Bertz CT molecular complexity index is 1310. The van der Waals surface area contributed by atoms with Gasteiger partial charge in [0.15, 0.2) is 18.4 Å². The van der Waals surface area contributed by atoms with Crippen molar-refractivity contribution in [1.29, 1.82) is 5.26 Å². The molecule has 160 valence electrons. The van der Waals surface area contributed by atoms with Crippen LogP contribution < -0.4 is 4.74 Å². The predicted octanol–water partition coefficient (Wildman–Crippen LogP) is 6.88. The van der Waals surface area contributed by atoms with Crippen molar-refractivity contribution in [2.24, 2.45) is 0 Å². The van der Waals surface area contributed by atoms with Crippen LogP contribution in [0.3, 0.4) is 0 Å². The molecule has 0 aliphatic carbocycles. The van der Waals surface area contributed by atoms with Gasteiger partial charge in [-0.1, -0.05) is 34.1 Å². The molecule has 0 aliphatic rings. The van der Waals surface area contributed by atoms with E-state index >= 15 is 0 Å². The third kappa shape index (κ3) is 4.31. The fraction of sp³-hybridized carbons (Fsp3) is 0.115. The Morgan fingerprint density at radius 2 is 1.78 bits per heavy atom. The number of hydrogen-bond acceptors (Lipinski definition) is 3. The summed E-state index contributed by atoms with van der Waals surface area (Å²) >= 11 is 3.49. The van der Waals surface area contributed by atoms with E-state index in [9.17, 15) is 9.65 Å². The van der Waals surface area contributed by atoms with Gasteiger partial charge in [0.25, 0.3) is 0 Å².